The first-order valence-electron chi connectivity index (χ1n) is 9.94. The van der Waals surface area contributed by atoms with Gasteiger partial charge in [-0.05, 0) is 18.7 Å². The molecule has 0 saturated carbocycles. The first-order chi connectivity index (χ1) is 14.0. The number of ether oxygens (including phenoxy) is 1. The molecule has 0 radical (unpaired) electrons. The molecule has 0 aromatic heterocycles. The van der Waals surface area contributed by atoms with Gasteiger partial charge in [-0.3, -0.25) is 14.5 Å². The van der Waals surface area contributed by atoms with Gasteiger partial charge in [-0.2, -0.15) is 0 Å². The van der Waals surface area contributed by atoms with Gasteiger partial charge >= 0.3 is 5.97 Å². The minimum absolute atomic E-state index is 0.104. The molecule has 1 aromatic rings. The summed E-state index contributed by atoms with van der Waals surface area (Å²) in [6.45, 7) is 6.90. The smallest absolute Gasteiger partial charge is 0.356 e. The zero-order valence-corrected chi connectivity index (χ0v) is 16.8. The van der Waals surface area contributed by atoms with Crippen LogP contribution in [0.3, 0.4) is 0 Å². The van der Waals surface area contributed by atoms with Crippen LogP contribution in [-0.4, -0.2) is 71.0 Å². The molecule has 2 atom stereocenters. The number of rotatable bonds is 10. The Morgan fingerprint density at radius 1 is 1.24 bits per heavy atom. The number of carbonyl (C=O) groups is 3. The number of carboxylic acids is 1. The second-order valence-electron chi connectivity index (χ2n) is 7.14. The molecule has 1 saturated heterocycles. The molecule has 1 aromatic carbocycles. The largest absolute Gasteiger partial charge is 0.494 e. The summed E-state index contributed by atoms with van der Waals surface area (Å²) < 4.78 is 5.74. The van der Waals surface area contributed by atoms with Crippen LogP contribution in [0.15, 0.2) is 41.8 Å². The summed E-state index contributed by atoms with van der Waals surface area (Å²) in [5.41, 5.74) is 0.748. The number of fused-ring (bicyclic) bond motifs is 1. The summed E-state index contributed by atoms with van der Waals surface area (Å²) >= 11 is 0. The molecule has 2 aliphatic heterocycles. The van der Waals surface area contributed by atoms with Crippen LogP contribution in [0.2, 0.25) is 0 Å². The lowest BCUT2D eigenvalue weighted by Gasteiger charge is -2.42. The average molecular weight is 401 g/mol. The monoisotopic (exact) mass is 401 g/mol. The second-order valence-corrected chi connectivity index (χ2v) is 7.14. The fourth-order valence-electron chi connectivity index (χ4n) is 3.80. The number of β-lactam (4-membered cyclic amide) rings is 1. The van der Waals surface area contributed by atoms with Gasteiger partial charge in [0.25, 0.3) is 5.91 Å². The van der Waals surface area contributed by atoms with E-state index in [0.29, 0.717) is 25.3 Å². The third kappa shape index (κ3) is 4.42. The molecule has 29 heavy (non-hydrogen) atoms. The van der Waals surface area contributed by atoms with Gasteiger partial charge in [-0.1, -0.05) is 44.2 Å². The summed E-state index contributed by atoms with van der Waals surface area (Å²) in [4.78, 5) is 39.9. The standard InChI is InChI=1S/C21H27N3O5/c1-3-23(4-2)10-11-29-16-13-15-18(20(26)24(15)19(16)21(27)28)22-17(25)12-14-8-6-5-7-9-14/h5-9,15,18H,3-4,10-13H2,1-2H3,(H,22,25)(H,27,28). The Bertz CT molecular complexity index is 804. The van der Waals surface area contributed by atoms with E-state index in [9.17, 15) is 19.5 Å². The summed E-state index contributed by atoms with van der Waals surface area (Å²) in [6.07, 6.45) is 0.464. The molecule has 2 amide bonds. The highest BCUT2D eigenvalue weighted by Crippen LogP contribution is 2.39. The molecule has 8 nitrogen and oxygen atoms in total. The molecular formula is C21H27N3O5. The van der Waals surface area contributed by atoms with Gasteiger partial charge < -0.3 is 20.1 Å². The predicted octanol–water partition coefficient (Wildman–Crippen LogP) is 0.983. The van der Waals surface area contributed by atoms with E-state index in [1.54, 1.807) is 0 Å². The molecule has 0 aliphatic carbocycles. The van der Waals surface area contributed by atoms with E-state index >= 15 is 0 Å². The Morgan fingerprint density at radius 2 is 1.93 bits per heavy atom. The third-order valence-electron chi connectivity index (χ3n) is 5.42. The van der Waals surface area contributed by atoms with Crippen LogP contribution in [0.5, 0.6) is 0 Å². The van der Waals surface area contributed by atoms with Crippen LogP contribution in [0.1, 0.15) is 25.8 Å². The summed E-state index contributed by atoms with van der Waals surface area (Å²) in [7, 11) is 0. The molecule has 156 valence electrons. The number of carboxylic acid groups (broad SMARTS) is 1. The van der Waals surface area contributed by atoms with Crippen molar-refractivity contribution in [3.63, 3.8) is 0 Å². The minimum Gasteiger partial charge on any atom is -0.494 e. The zero-order valence-electron chi connectivity index (χ0n) is 16.8. The number of likely N-dealkylation sites (N-methyl/N-ethyl adjacent to an activating group) is 1. The first-order valence-corrected chi connectivity index (χ1v) is 9.94. The highest BCUT2D eigenvalue weighted by molar-refractivity contribution is 6.02. The number of aliphatic carboxylic acids is 1. The zero-order chi connectivity index (χ0) is 21.0. The third-order valence-corrected chi connectivity index (χ3v) is 5.42. The minimum atomic E-state index is -1.19. The second kappa shape index (κ2) is 9.09. The number of hydrogen-bond donors (Lipinski definition) is 2. The van der Waals surface area contributed by atoms with Crippen molar-refractivity contribution in [3.05, 3.63) is 47.4 Å². The molecule has 2 aliphatic rings. The Hall–Kier alpha value is -2.87. The summed E-state index contributed by atoms with van der Waals surface area (Å²) in [6, 6.07) is 8.13. The maximum absolute atomic E-state index is 12.5. The topological polar surface area (TPSA) is 99.2 Å². The van der Waals surface area contributed by atoms with Crippen molar-refractivity contribution in [1.82, 2.24) is 15.1 Å². The highest BCUT2D eigenvalue weighted by Gasteiger charge is 2.56. The lowest BCUT2D eigenvalue weighted by molar-refractivity contribution is -0.152. The highest BCUT2D eigenvalue weighted by atomic mass is 16.5. The molecule has 2 heterocycles. The van der Waals surface area contributed by atoms with E-state index in [2.05, 4.69) is 10.2 Å². The normalized spacial score (nSPS) is 20.5. The van der Waals surface area contributed by atoms with Gasteiger partial charge in [0.1, 0.15) is 18.4 Å². The van der Waals surface area contributed by atoms with E-state index in [4.69, 9.17) is 4.74 Å². The number of benzene rings is 1. The van der Waals surface area contributed by atoms with Crippen LogP contribution in [0.25, 0.3) is 0 Å². The first kappa shape index (κ1) is 20.9. The van der Waals surface area contributed by atoms with Crippen LogP contribution in [0.4, 0.5) is 0 Å². The lowest BCUT2D eigenvalue weighted by atomic mass is 9.94. The van der Waals surface area contributed by atoms with Crippen molar-refractivity contribution in [2.24, 2.45) is 0 Å². The van der Waals surface area contributed by atoms with Crippen molar-refractivity contribution < 1.29 is 24.2 Å². The summed E-state index contributed by atoms with van der Waals surface area (Å²) in [5.74, 6) is -1.55. The van der Waals surface area contributed by atoms with Crippen molar-refractivity contribution in [2.45, 2.75) is 38.8 Å². The van der Waals surface area contributed by atoms with E-state index in [1.807, 2.05) is 44.2 Å². The summed E-state index contributed by atoms with van der Waals surface area (Å²) in [5, 5.41) is 12.3. The van der Waals surface area contributed by atoms with Gasteiger partial charge in [0, 0.05) is 13.0 Å². The van der Waals surface area contributed by atoms with Crippen molar-refractivity contribution in [2.75, 3.05) is 26.2 Å². The van der Waals surface area contributed by atoms with E-state index in [-0.39, 0.29) is 18.0 Å². The quantitative estimate of drug-likeness (QED) is 0.567. The van der Waals surface area contributed by atoms with E-state index < -0.39 is 24.0 Å². The Labute approximate surface area is 170 Å². The molecule has 1 fully saturated rings. The van der Waals surface area contributed by atoms with Crippen LogP contribution in [0, 0.1) is 0 Å². The maximum Gasteiger partial charge on any atom is 0.356 e. The Kier molecular flexibility index (Phi) is 6.53. The molecular weight excluding hydrogens is 374 g/mol. The molecule has 2 unspecified atom stereocenters. The van der Waals surface area contributed by atoms with Crippen molar-refractivity contribution in [1.29, 1.82) is 0 Å². The lowest BCUT2D eigenvalue weighted by Crippen LogP contribution is -2.68. The number of amides is 2. The fraction of sp³-hybridized carbons (Fsp3) is 0.476. The van der Waals surface area contributed by atoms with Crippen LogP contribution < -0.4 is 5.32 Å². The van der Waals surface area contributed by atoms with Crippen molar-refractivity contribution in [3.8, 4) is 0 Å². The van der Waals surface area contributed by atoms with E-state index in [0.717, 1.165) is 18.7 Å². The molecule has 0 spiro atoms. The molecule has 2 N–H and O–H groups in total. The fourth-order valence-corrected chi connectivity index (χ4v) is 3.80. The SMILES string of the molecule is CCN(CC)CCOC1=C(C(=O)O)N2C(=O)C(NC(=O)Cc3ccccc3)C2C1. The number of nitrogens with zero attached hydrogens (tertiary/aromatic N) is 2. The number of hydrogen-bond acceptors (Lipinski definition) is 5. The predicted molar refractivity (Wildman–Crippen MR) is 106 cm³/mol. The van der Waals surface area contributed by atoms with Crippen molar-refractivity contribution >= 4 is 17.8 Å². The number of nitrogens with one attached hydrogen (secondary N) is 1. The molecule has 8 heteroatoms. The van der Waals surface area contributed by atoms with Gasteiger partial charge in [-0.15, -0.1) is 0 Å². The Balaban J connectivity index is 1.60. The number of carbonyl (C=O) groups excluding carboxylic acids is 2. The van der Waals surface area contributed by atoms with Crippen LogP contribution >= 0.6 is 0 Å². The van der Waals surface area contributed by atoms with Gasteiger partial charge in [-0.25, -0.2) is 4.79 Å². The molecule has 3 rings (SSSR count). The van der Waals surface area contributed by atoms with Crippen LogP contribution in [-0.2, 0) is 25.5 Å². The van der Waals surface area contributed by atoms with Gasteiger partial charge in [0.2, 0.25) is 5.91 Å². The average Bonchev–Trinajstić information content (AvgIpc) is 3.06. The van der Waals surface area contributed by atoms with Gasteiger partial charge in [0.15, 0.2) is 5.70 Å². The van der Waals surface area contributed by atoms with E-state index in [1.165, 1.54) is 4.90 Å². The maximum atomic E-state index is 12.5. The molecule has 0 bridgehead atoms. The Morgan fingerprint density at radius 3 is 2.55 bits per heavy atom. The van der Waals surface area contributed by atoms with Gasteiger partial charge in [0.05, 0.1) is 12.5 Å².